The lowest BCUT2D eigenvalue weighted by Gasteiger charge is -2.14. The van der Waals surface area contributed by atoms with E-state index in [9.17, 15) is 8.42 Å². The molecular formula is C17H24N4O2S. The maximum Gasteiger partial charge on any atom is 0.211 e. The molecule has 2 aromatic heterocycles. The second kappa shape index (κ2) is 7.44. The molecule has 3 rings (SSSR count). The molecule has 130 valence electrons. The second-order valence-corrected chi connectivity index (χ2v) is 8.21. The molecule has 1 aliphatic rings. The van der Waals surface area contributed by atoms with Gasteiger partial charge in [0.15, 0.2) is 0 Å². The van der Waals surface area contributed by atoms with Crippen molar-refractivity contribution in [2.24, 2.45) is 0 Å². The van der Waals surface area contributed by atoms with Gasteiger partial charge in [-0.05, 0) is 37.5 Å². The molecule has 6 nitrogen and oxygen atoms in total. The lowest BCUT2D eigenvalue weighted by atomic mass is 10.1. The maximum atomic E-state index is 11.9. The van der Waals surface area contributed by atoms with E-state index in [2.05, 4.69) is 14.4 Å². The summed E-state index contributed by atoms with van der Waals surface area (Å²) in [6.07, 6.45) is 8.84. The van der Waals surface area contributed by atoms with Crippen molar-refractivity contribution in [2.45, 2.75) is 51.6 Å². The quantitative estimate of drug-likeness (QED) is 0.835. The summed E-state index contributed by atoms with van der Waals surface area (Å²) < 4.78 is 28.5. The first-order valence-corrected chi connectivity index (χ1v) is 10.2. The predicted octanol–water partition coefficient (Wildman–Crippen LogP) is 2.89. The van der Waals surface area contributed by atoms with E-state index in [1.807, 2.05) is 25.1 Å². The molecule has 1 N–H and O–H groups in total. The third kappa shape index (κ3) is 4.02. The summed E-state index contributed by atoms with van der Waals surface area (Å²) in [4.78, 5) is 4.07. The van der Waals surface area contributed by atoms with Crippen LogP contribution in [-0.4, -0.2) is 28.9 Å². The van der Waals surface area contributed by atoms with Gasteiger partial charge in [-0.2, -0.15) is 5.10 Å². The molecular weight excluding hydrogens is 324 g/mol. The van der Waals surface area contributed by atoms with Crippen LogP contribution in [0.3, 0.4) is 0 Å². The summed E-state index contributed by atoms with van der Waals surface area (Å²) in [5.41, 5.74) is 2.86. The van der Waals surface area contributed by atoms with Gasteiger partial charge in [-0.25, -0.2) is 13.1 Å². The summed E-state index contributed by atoms with van der Waals surface area (Å²) in [6, 6.07) is 6.32. The summed E-state index contributed by atoms with van der Waals surface area (Å²) >= 11 is 0. The van der Waals surface area contributed by atoms with Crippen LogP contribution in [0.5, 0.6) is 0 Å². The van der Waals surface area contributed by atoms with E-state index in [1.165, 1.54) is 12.8 Å². The monoisotopic (exact) mass is 348 g/mol. The zero-order valence-corrected chi connectivity index (χ0v) is 14.8. The maximum absolute atomic E-state index is 11.9. The Morgan fingerprint density at radius 3 is 2.62 bits per heavy atom. The summed E-state index contributed by atoms with van der Waals surface area (Å²) in [6.45, 7) is 2.09. The molecule has 7 heteroatoms. The Morgan fingerprint density at radius 2 is 1.96 bits per heavy atom. The molecule has 0 spiro atoms. The lowest BCUT2D eigenvalue weighted by molar-refractivity contribution is 0.467. The largest absolute Gasteiger partial charge is 0.265 e. The fourth-order valence-electron chi connectivity index (χ4n) is 3.22. The Morgan fingerprint density at radius 1 is 1.25 bits per heavy atom. The van der Waals surface area contributed by atoms with Crippen LogP contribution < -0.4 is 4.72 Å². The SMILES string of the molecule is CCCS(=O)(=O)NCc1cc(-c2ccncc2)n(C2CCCC2)n1. The van der Waals surface area contributed by atoms with Crippen LogP contribution >= 0.6 is 0 Å². The van der Waals surface area contributed by atoms with Crippen molar-refractivity contribution in [3.63, 3.8) is 0 Å². The predicted molar refractivity (Wildman–Crippen MR) is 93.9 cm³/mol. The van der Waals surface area contributed by atoms with E-state index in [0.29, 0.717) is 12.5 Å². The Labute approximate surface area is 143 Å². The smallest absolute Gasteiger partial charge is 0.211 e. The van der Waals surface area contributed by atoms with E-state index < -0.39 is 10.0 Å². The fraction of sp³-hybridized carbons (Fsp3) is 0.529. The van der Waals surface area contributed by atoms with E-state index in [1.54, 1.807) is 12.4 Å². The number of nitrogens with one attached hydrogen (secondary N) is 1. The molecule has 0 aliphatic heterocycles. The summed E-state index contributed by atoms with van der Waals surface area (Å²) in [7, 11) is -3.23. The van der Waals surface area contributed by atoms with Gasteiger partial charge in [-0.15, -0.1) is 0 Å². The van der Waals surface area contributed by atoms with Crippen LogP contribution in [-0.2, 0) is 16.6 Å². The standard InChI is InChI=1S/C17H24N4O2S/c1-2-11-24(22,23)19-13-15-12-17(14-7-9-18-10-8-14)21(20-15)16-5-3-4-6-16/h7-10,12,16,19H,2-6,11,13H2,1H3. The second-order valence-electron chi connectivity index (χ2n) is 6.28. The van der Waals surface area contributed by atoms with Gasteiger partial charge in [0, 0.05) is 18.0 Å². The van der Waals surface area contributed by atoms with E-state index in [-0.39, 0.29) is 12.3 Å². The average Bonchev–Trinajstić information content (AvgIpc) is 3.23. The van der Waals surface area contributed by atoms with Crippen LogP contribution in [0.15, 0.2) is 30.6 Å². The number of sulfonamides is 1. The van der Waals surface area contributed by atoms with Gasteiger partial charge < -0.3 is 0 Å². The Balaban J connectivity index is 1.86. The highest BCUT2D eigenvalue weighted by atomic mass is 32.2. The minimum Gasteiger partial charge on any atom is -0.265 e. The topological polar surface area (TPSA) is 76.9 Å². The molecule has 1 aliphatic carbocycles. The van der Waals surface area contributed by atoms with Crippen molar-refractivity contribution in [1.29, 1.82) is 0 Å². The minimum absolute atomic E-state index is 0.146. The fourth-order valence-corrected chi connectivity index (χ4v) is 4.27. The molecule has 0 saturated heterocycles. The van der Waals surface area contributed by atoms with Gasteiger partial charge in [0.2, 0.25) is 10.0 Å². The summed E-state index contributed by atoms with van der Waals surface area (Å²) in [5.74, 6) is 0.146. The molecule has 1 saturated carbocycles. The molecule has 2 heterocycles. The minimum atomic E-state index is -3.23. The van der Waals surface area contributed by atoms with Crippen molar-refractivity contribution in [2.75, 3.05) is 5.75 Å². The van der Waals surface area contributed by atoms with Crippen LogP contribution in [0.2, 0.25) is 0 Å². The van der Waals surface area contributed by atoms with Gasteiger partial charge in [0.1, 0.15) is 0 Å². The van der Waals surface area contributed by atoms with Crippen molar-refractivity contribution < 1.29 is 8.42 Å². The third-order valence-electron chi connectivity index (χ3n) is 4.38. The number of hydrogen-bond acceptors (Lipinski definition) is 4. The highest BCUT2D eigenvalue weighted by molar-refractivity contribution is 7.89. The van der Waals surface area contributed by atoms with E-state index in [0.717, 1.165) is 29.8 Å². The van der Waals surface area contributed by atoms with Crippen molar-refractivity contribution in [3.05, 3.63) is 36.3 Å². The van der Waals surface area contributed by atoms with E-state index >= 15 is 0 Å². The molecule has 2 aromatic rings. The zero-order valence-electron chi connectivity index (χ0n) is 14.0. The van der Waals surface area contributed by atoms with Gasteiger partial charge >= 0.3 is 0 Å². The first-order chi connectivity index (χ1) is 11.6. The zero-order chi connectivity index (χ0) is 17.0. The summed E-state index contributed by atoms with van der Waals surface area (Å²) in [5, 5.41) is 4.70. The normalized spacial score (nSPS) is 15.9. The van der Waals surface area contributed by atoms with Crippen LogP contribution in [0.25, 0.3) is 11.3 Å². The van der Waals surface area contributed by atoms with Gasteiger partial charge in [-0.1, -0.05) is 19.8 Å². The first-order valence-electron chi connectivity index (χ1n) is 8.55. The number of aromatic nitrogens is 3. The Hall–Kier alpha value is -1.73. The highest BCUT2D eigenvalue weighted by Gasteiger charge is 2.22. The highest BCUT2D eigenvalue weighted by Crippen LogP contribution is 2.33. The Bertz CT molecular complexity index is 765. The van der Waals surface area contributed by atoms with Crippen LogP contribution in [0.1, 0.15) is 50.8 Å². The molecule has 0 atom stereocenters. The number of nitrogens with zero attached hydrogens (tertiary/aromatic N) is 3. The Kier molecular flexibility index (Phi) is 5.30. The van der Waals surface area contributed by atoms with Crippen molar-refractivity contribution in [3.8, 4) is 11.3 Å². The molecule has 0 bridgehead atoms. The molecule has 0 amide bonds. The molecule has 0 aromatic carbocycles. The third-order valence-corrected chi connectivity index (χ3v) is 5.91. The van der Waals surface area contributed by atoms with Crippen LogP contribution in [0, 0.1) is 0 Å². The van der Waals surface area contributed by atoms with E-state index in [4.69, 9.17) is 5.10 Å². The molecule has 24 heavy (non-hydrogen) atoms. The van der Waals surface area contributed by atoms with Crippen molar-refractivity contribution >= 4 is 10.0 Å². The number of rotatable bonds is 7. The average molecular weight is 348 g/mol. The van der Waals surface area contributed by atoms with Crippen molar-refractivity contribution in [1.82, 2.24) is 19.5 Å². The molecule has 0 unspecified atom stereocenters. The number of hydrogen-bond donors (Lipinski definition) is 1. The van der Waals surface area contributed by atoms with Gasteiger partial charge in [-0.3, -0.25) is 9.67 Å². The lowest BCUT2D eigenvalue weighted by Crippen LogP contribution is -2.26. The number of pyridine rings is 1. The first kappa shape index (κ1) is 17.1. The van der Waals surface area contributed by atoms with Gasteiger partial charge in [0.05, 0.1) is 29.7 Å². The van der Waals surface area contributed by atoms with Gasteiger partial charge in [0.25, 0.3) is 0 Å². The molecule has 1 fully saturated rings. The van der Waals surface area contributed by atoms with Crippen LogP contribution in [0.4, 0.5) is 0 Å². The molecule has 0 radical (unpaired) electrons.